The second kappa shape index (κ2) is 7.01. The van der Waals surface area contributed by atoms with Gasteiger partial charge in [-0.3, -0.25) is 4.79 Å². The summed E-state index contributed by atoms with van der Waals surface area (Å²) in [6, 6.07) is 6.03. The van der Waals surface area contributed by atoms with Crippen molar-refractivity contribution in [2.45, 2.75) is 20.4 Å². The van der Waals surface area contributed by atoms with Crippen molar-refractivity contribution in [1.29, 1.82) is 0 Å². The Bertz CT molecular complexity index is 405. The van der Waals surface area contributed by atoms with Crippen LogP contribution >= 0.6 is 0 Å². The zero-order chi connectivity index (χ0) is 13.5. The molecule has 1 amide bonds. The van der Waals surface area contributed by atoms with Crippen molar-refractivity contribution in [3.8, 4) is 5.75 Å². The average Bonchev–Trinajstić information content (AvgIpc) is 2.33. The van der Waals surface area contributed by atoms with Gasteiger partial charge in [0.2, 0.25) is 5.91 Å². The topological polar surface area (TPSA) is 41.6 Å². The predicted molar refractivity (Wildman–Crippen MR) is 72.7 cm³/mol. The number of amides is 1. The normalized spacial score (nSPS) is 10.2. The van der Waals surface area contributed by atoms with Gasteiger partial charge in [-0.15, -0.1) is 0 Å². The molecule has 1 aromatic carbocycles. The van der Waals surface area contributed by atoms with Crippen molar-refractivity contribution in [2.75, 3.05) is 27.2 Å². The SMILES string of the molecule is CCOc1ccc(CN(C)C(=O)CNC)cc1C. The number of benzene rings is 1. The van der Waals surface area contributed by atoms with Crippen molar-refractivity contribution >= 4 is 5.91 Å². The van der Waals surface area contributed by atoms with Gasteiger partial charge >= 0.3 is 0 Å². The fraction of sp³-hybridized carbons (Fsp3) is 0.500. The Balaban J connectivity index is 2.68. The van der Waals surface area contributed by atoms with E-state index in [2.05, 4.69) is 11.4 Å². The van der Waals surface area contributed by atoms with Gasteiger partial charge in [0, 0.05) is 13.6 Å². The highest BCUT2D eigenvalue weighted by Gasteiger charge is 2.08. The number of ether oxygens (including phenoxy) is 1. The lowest BCUT2D eigenvalue weighted by Gasteiger charge is -2.18. The minimum absolute atomic E-state index is 0.0871. The van der Waals surface area contributed by atoms with Crippen LogP contribution in [0.25, 0.3) is 0 Å². The molecule has 0 unspecified atom stereocenters. The lowest BCUT2D eigenvalue weighted by molar-refractivity contribution is -0.129. The van der Waals surface area contributed by atoms with Crippen LogP contribution in [0.1, 0.15) is 18.1 Å². The van der Waals surface area contributed by atoms with Gasteiger partial charge in [-0.2, -0.15) is 0 Å². The first-order valence-corrected chi connectivity index (χ1v) is 6.19. The molecule has 0 heterocycles. The molecule has 1 N–H and O–H groups in total. The van der Waals surface area contributed by atoms with E-state index in [1.165, 1.54) is 0 Å². The number of carbonyl (C=O) groups is 1. The van der Waals surface area contributed by atoms with E-state index >= 15 is 0 Å². The Kier molecular flexibility index (Phi) is 5.65. The molecule has 0 aliphatic heterocycles. The predicted octanol–water partition coefficient (Wildman–Crippen LogP) is 1.57. The number of nitrogens with zero attached hydrogens (tertiary/aromatic N) is 1. The Morgan fingerprint density at radius 2 is 2.17 bits per heavy atom. The van der Waals surface area contributed by atoms with Crippen LogP contribution in [0.15, 0.2) is 18.2 Å². The Hall–Kier alpha value is -1.55. The van der Waals surface area contributed by atoms with Crippen molar-refractivity contribution in [3.63, 3.8) is 0 Å². The zero-order valence-electron chi connectivity index (χ0n) is 11.6. The van der Waals surface area contributed by atoms with E-state index in [9.17, 15) is 4.79 Å². The van der Waals surface area contributed by atoms with Crippen LogP contribution in [-0.4, -0.2) is 38.1 Å². The summed E-state index contributed by atoms with van der Waals surface area (Å²) in [4.78, 5) is 13.4. The molecule has 0 aliphatic carbocycles. The van der Waals surface area contributed by atoms with E-state index in [1.807, 2.05) is 33.0 Å². The van der Waals surface area contributed by atoms with Crippen LogP contribution < -0.4 is 10.1 Å². The first-order chi connectivity index (χ1) is 8.58. The van der Waals surface area contributed by atoms with E-state index in [0.717, 1.165) is 16.9 Å². The second-order valence-electron chi connectivity index (χ2n) is 4.31. The molecular weight excluding hydrogens is 228 g/mol. The quantitative estimate of drug-likeness (QED) is 0.833. The van der Waals surface area contributed by atoms with Crippen LogP contribution in [0.5, 0.6) is 5.75 Å². The smallest absolute Gasteiger partial charge is 0.236 e. The molecule has 1 rings (SSSR count). The first kappa shape index (κ1) is 14.5. The summed E-state index contributed by atoms with van der Waals surface area (Å²) in [7, 11) is 3.58. The standard InChI is InChI=1S/C14H22N2O2/c1-5-18-13-7-6-12(8-11(13)2)10-16(4)14(17)9-15-3/h6-8,15H,5,9-10H2,1-4H3. The van der Waals surface area contributed by atoms with Crippen molar-refractivity contribution < 1.29 is 9.53 Å². The maximum atomic E-state index is 11.6. The maximum Gasteiger partial charge on any atom is 0.236 e. The highest BCUT2D eigenvalue weighted by Crippen LogP contribution is 2.19. The van der Waals surface area contributed by atoms with Crippen LogP contribution in [0, 0.1) is 6.92 Å². The molecule has 0 spiro atoms. The lowest BCUT2D eigenvalue weighted by Crippen LogP contribution is -2.33. The molecule has 0 atom stereocenters. The van der Waals surface area contributed by atoms with Crippen LogP contribution in [0.3, 0.4) is 0 Å². The van der Waals surface area contributed by atoms with Crippen molar-refractivity contribution in [3.05, 3.63) is 29.3 Å². The zero-order valence-corrected chi connectivity index (χ0v) is 11.6. The van der Waals surface area contributed by atoms with Gasteiger partial charge in [-0.05, 0) is 38.1 Å². The molecule has 100 valence electrons. The van der Waals surface area contributed by atoms with Crippen molar-refractivity contribution in [1.82, 2.24) is 10.2 Å². The van der Waals surface area contributed by atoms with E-state index in [0.29, 0.717) is 19.7 Å². The molecule has 0 radical (unpaired) electrons. The van der Waals surface area contributed by atoms with E-state index in [-0.39, 0.29) is 5.91 Å². The molecule has 0 aliphatic rings. The third-order valence-electron chi connectivity index (χ3n) is 2.71. The number of aryl methyl sites for hydroxylation is 1. The summed E-state index contributed by atoms with van der Waals surface area (Å²) >= 11 is 0. The molecule has 0 saturated carbocycles. The summed E-state index contributed by atoms with van der Waals surface area (Å²) in [5.41, 5.74) is 2.21. The Morgan fingerprint density at radius 1 is 1.44 bits per heavy atom. The van der Waals surface area contributed by atoms with Gasteiger partial charge in [-0.1, -0.05) is 12.1 Å². The summed E-state index contributed by atoms with van der Waals surface area (Å²) in [5.74, 6) is 0.995. The number of likely N-dealkylation sites (N-methyl/N-ethyl adjacent to an activating group) is 2. The van der Waals surface area contributed by atoms with E-state index in [1.54, 1.807) is 11.9 Å². The summed E-state index contributed by atoms with van der Waals surface area (Å²) in [6.07, 6.45) is 0. The summed E-state index contributed by atoms with van der Waals surface area (Å²) in [6.45, 7) is 5.64. The monoisotopic (exact) mass is 250 g/mol. The Labute approximate surface area is 109 Å². The highest BCUT2D eigenvalue weighted by atomic mass is 16.5. The fourth-order valence-corrected chi connectivity index (χ4v) is 1.78. The number of carbonyl (C=O) groups excluding carboxylic acids is 1. The van der Waals surface area contributed by atoms with Gasteiger partial charge < -0.3 is 15.0 Å². The molecule has 0 bridgehead atoms. The fourth-order valence-electron chi connectivity index (χ4n) is 1.78. The molecule has 1 aromatic rings. The van der Waals surface area contributed by atoms with Gasteiger partial charge in [0.05, 0.1) is 13.2 Å². The van der Waals surface area contributed by atoms with E-state index < -0.39 is 0 Å². The summed E-state index contributed by atoms with van der Waals surface area (Å²) in [5, 5.41) is 2.86. The van der Waals surface area contributed by atoms with Crippen LogP contribution in [0.4, 0.5) is 0 Å². The minimum Gasteiger partial charge on any atom is -0.494 e. The molecule has 0 saturated heterocycles. The highest BCUT2D eigenvalue weighted by molar-refractivity contribution is 5.77. The number of nitrogens with one attached hydrogen (secondary N) is 1. The van der Waals surface area contributed by atoms with Gasteiger partial charge in [0.25, 0.3) is 0 Å². The maximum absolute atomic E-state index is 11.6. The summed E-state index contributed by atoms with van der Waals surface area (Å²) < 4.78 is 5.49. The number of rotatable bonds is 6. The molecule has 18 heavy (non-hydrogen) atoms. The van der Waals surface area contributed by atoms with Gasteiger partial charge in [-0.25, -0.2) is 0 Å². The molecule has 4 heteroatoms. The third kappa shape index (κ3) is 4.04. The van der Waals surface area contributed by atoms with Gasteiger partial charge in [0.1, 0.15) is 5.75 Å². The lowest BCUT2D eigenvalue weighted by atomic mass is 10.1. The largest absolute Gasteiger partial charge is 0.494 e. The average molecular weight is 250 g/mol. The first-order valence-electron chi connectivity index (χ1n) is 6.19. The third-order valence-corrected chi connectivity index (χ3v) is 2.71. The van der Waals surface area contributed by atoms with Gasteiger partial charge in [0.15, 0.2) is 0 Å². The second-order valence-corrected chi connectivity index (χ2v) is 4.31. The molecule has 0 fully saturated rings. The molecule has 0 aromatic heterocycles. The number of hydrogen-bond acceptors (Lipinski definition) is 3. The Morgan fingerprint density at radius 3 is 2.72 bits per heavy atom. The van der Waals surface area contributed by atoms with Crippen LogP contribution in [-0.2, 0) is 11.3 Å². The van der Waals surface area contributed by atoms with Crippen molar-refractivity contribution in [2.24, 2.45) is 0 Å². The minimum atomic E-state index is 0.0871. The number of hydrogen-bond donors (Lipinski definition) is 1. The molecule has 4 nitrogen and oxygen atoms in total. The van der Waals surface area contributed by atoms with E-state index in [4.69, 9.17) is 4.74 Å². The molecular formula is C14H22N2O2. The van der Waals surface area contributed by atoms with Crippen LogP contribution in [0.2, 0.25) is 0 Å².